The largest absolute Gasteiger partial charge is 0.465 e. The molecule has 1 aromatic carbocycles. The van der Waals surface area contributed by atoms with Crippen LogP contribution in [0.15, 0.2) is 36.7 Å². The van der Waals surface area contributed by atoms with Gasteiger partial charge in [0.15, 0.2) is 5.41 Å². The first-order valence-electron chi connectivity index (χ1n) is 8.32. The monoisotopic (exact) mass is 384 g/mol. The third-order valence-electron chi connectivity index (χ3n) is 4.45. The number of hydrogen-bond acceptors (Lipinski definition) is 7. The highest BCUT2D eigenvalue weighted by Gasteiger charge is 2.51. The molecule has 2 N–H and O–H groups in total. The smallest absolute Gasteiger partial charge is 0.326 e. The predicted molar refractivity (Wildman–Crippen MR) is 97.9 cm³/mol. The van der Waals surface area contributed by atoms with E-state index in [4.69, 9.17) is 4.74 Å². The van der Waals surface area contributed by atoms with Crippen LogP contribution in [0.5, 0.6) is 0 Å². The van der Waals surface area contributed by atoms with Crippen LogP contribution < -0.4 is 10.6 Å². The molecule has 2 heterocycles. The minimum Gasteiger partial charge on any atom is -0.465 e. The molecule has 0 saturated carbocycles. The van der Waals surface area contributed by atoms with E-state index in [0.29, 0.717) is 0 Å². The van der Waals surface area contributed by atoms with Crippen LogP contribution in [0.4, 0.5) is 17.1 Å². The van der Waals surface area contributed by atoms with E-state index in [-0.39, 0.29) is 29.1 Å². The number of nitro benzene ring substituents is 1. The molecule has 1 aliphatic heterocycles. The maximum Gasteiger partial charge on any atom is 0.326 e. The highest BCUT2D eigenvalue weighted by atomic mass is 16.6. The summed E-state index contributed by atoms with van der Waals surface area (Å²) in [4.78, 5) is 51.8. The Balaban J connectivity index is 2.08. The Morgan fingerprint density at radius 1 is 1.32 bits per heavy atom. The number of aromatic nitrogens is 1. The number of benzene rings is 1. The maximum atomic E-state index is 12.4. The second-order valence-corrected chi connectivity index (χ2v) is 6.16. The number of fused-ring (bicyclic) bond motifs is 1. The van der Waals surface area contributed by atoms with Crippen LogP contribution in [-0.2, 0) is 19.7 Å². The Labute approximate surface area is 159 Å². The van der Waals surface area contributed by atoms with Crippen molar-refractivity contribution in [3.63, 3.8) is 0 Å². The first kappa shape index (κ1) is 19.0. The lowest BCUT2D eigenvalue weighted by molar-refractivity contribution is -0.383. The molecule has 3 rings (SSSR count). The molecule has 10 heteroatoms. The molecule has 1 aromatic heterocycles. The van der Waals surface area contributed by atoms with Gasteiger partial charge in [-0.25, -0.2) is 0 Å². The van der Waals surface area contributed by atoms with Gasteiger partial charge in [0.1, 0.15) is 5.69 Å². The van der Waals surface area contributed by atoms with Crippen LogP contribution in [-0.4, -0.2) is 34.3 Å². The number of ether oxygens (including phenoxy) is 1. The minimum absolute atomic E-state index is 0.0651. The summed E-state index contributed by atoms with van der Waals surface area (Å²) >= 11 is 0. The summed E-state index contributed by atoms with van der Waals surface area (Å²) in [5, 5.41) is 16.4. The van der Waals surface area contributed by atoms with Gasteiger partial charge in [-0.2, -0.15) is 0 Å². The zero-order valence-corrected chi connectivity index (χ0v) is 15.0. The van der Waals surface area contributed by atoms with Crippen LogP contribution >= 0.6 is 0 Å². The molecular formula is C18H16N4O6. The molecule has 0 spiro atoms. The molecule has 2 amide bonds. The van der Waals surface area contributed by atoms with Crippen molar-refractivity contribution in [3.05, 3.63) is 57.9 Å². The van der Waals surface area contributed by atoms with Crippen molar-refractivity contribution in [2.75, 3.05) is 17.2 Å². The number of esters is 1. The van der Waals surface area contributed by atoms with E-state index < -0.39 is 33.8 Å². The van der Waals surface area contributed by atoms with Gasteiger partial charge < -0.3 is 15.4 Å². The lowest BCUT2D eigenvalue weighted by Crippen LogP contribution is -2.40. The number of carbonyl (C=O) groups excluding carboxylic acids is 3. The van der Waals surface area contributed by atoms with Crippen LogP contribution in [0.25, 0.3) is 0 Å². The standard InChI is InChI=1S/C18H16N4O6/c1-3-28-17(25)18(2)11-8-13(20-15(23)10-4-6-19-7-5-10)14(22(26)27)9-12(11)21-16(18)24/h4-9H,3H2,1-2H3,(H,20,23)(H,21,24). The van der Waals surface area contributed by atoms with Gasteiger partial charge in [0.25, 0.3) is 11.6 Å². The summed E-state index contributed by atoms with van der Waals surface area (Å²) in [5.74, 6) is -2.04. The van der Waals surface area contributed by atoms with Crippen molar-refractivity contribution in [3.8, 4) is 0 Å². The first-order chi connectivity index (χ1) is 13.3. The number of pyridine rings is 1. The summed E-state index contributed by atoms with van der Waals surface area (Å²) in [6.45, 7) is 3.04. The third-order valence-corrected chi connectivity index (χ3v) is 4.45. The van der Waals surface area contributed by atoms with Crippen LogP contribution in [0.3, 0.4) is 0 Å². The van der Waals surface area contributed by atoms with Crippen molar-refractivity contribution in [2.24, 2.45) is 0 Å². The number of rotatable bonds is 5. The molecule has 2 aromatic rings. The van der Waals surface area contributed by atoms with Crippen molar-refractivity contribution in [2.45, 2.75) is 19.3 Å². The zero-order chi connectivity index (χ0) is 20.5. The summed E-state index contributed by atoms with van der Waals surface area (Å²) < 4.78 is 5.00. The molecule has 0 fully saturated rings. The molecule has 0 saturated heterocycles. The fourth-order valence-corrected chi connectivity index (χ4v) is 2.90. The Hall–Kier alpha value is -3.82. The maximum absolute atomic E-state index is 12.4. The lowest BCUT2D eigenvalue weighted by atomic mass is 9.83. The number of amides is 2. The molecular weight excluding hydrogens is 368 g/mol. The molecule has 28 heavy (non-hydrogen) atoms. The number of hydrogen-bond donors (Lipinski definition) is 2. The summed E-state index contributed by atoms with van der Waals surface area (Å²) in [6, 6.07) is 5.26. The Morgan fingerprint density at radius 2 is 2.00 bits per heavy atom. The van der Waals surface area contributed by atoms with Gasteiger partial charge >= 0.3 is 5.97 Å². The molecule has 1 atom stereocenters. The van der Waals surface area contributed by atoms with Gasteiger partial charge in [-0.15, -0.1) is 0 Å². The molecule has 1 aliphatic rings. The Morgan fingerprint density at radius 3 is 2.61 bits per heavy atom. The van der Waals surface area contributed by atoms with E-state index in [0.717, 1.165) is 6.07 Å². The molecule has 1 unspecified atom stereocenters. The second kappa shape index (κ2) is 7.06. The normalized spacial score (nSPS) is 17.4. The average Bonchev–Trinajstić information content (AvgIpc) is 2.93. The minimum atomic E-state index is -1.68. The summed E-state index contributed by atoms with van der Waals surface area (Å²) in [6.07, 6.45) is 2.82. The van der Waals surface area contributed by atoms with Gasteiger partial charge in [0, 0.05) is 29.6 Å². The molecule has 0 radical (unpaired) electrons. The Kier molecular flexibility index (Phi) is 4.78. The van der Waals surface area contributed by atoms with E-state index in [1.165, 1.54) is 37.5 Å². The SMILES string of the molecule is CCOC(=O)C1(C)C(=O)Nc2cc([N+](=O)[O-])c(NC(=O)c3ccncc3)cc21. The van der Waals surface area contributed by atoms with Gasteiger partial charge in [-0.1, -0.05) is 0 Å². The number of nitro groups is 1. The fraction of sp³-hybridized carbons (Fsp3) is 0.222. The average molecular weight is 384 g/mol. The highest BCUT2D eigenvalue weighted by Crippen LogP contribution is 2.43. The molecule has 0 bridgehead atoms. The van der Waals surface area contributed by atoms with Gasteiger partial charge in [-0.3, -0.25) is 29.5 Å². The third kappa shape index (κ3) is 3.04. The number of nitrogens with one attached hydrogen (secondary N) is 2. The summed E-state index contributed by atoms with van der Waals surface area (Å²) in [5.41, 5.74) is -1.70. The number of anilines is 2. The first-order valence-corrected chi connectivity index (χ1v) is 8.32. The predicted octanol–water partition coefficient (Wildman–Crippen LogP) is 2.01. The lowest BCUT2D eigenvalue weighted by Gasteiger charge is -2.20. The van der Waals surface area contributed by atoms with E-state index in [1.54, 1.807) is 6.92 Å². The zero-order valence-electron chi connectivity index (χ0n) is 15.0. The highest BCUT2D eigenvalue weighted by molar-refractivity contribution is 6.19. The molecule has 144 valence electrons. The van der Waals surface area contributed by atoms with E-state index in [1.807, 2.05) is 0 Å². The van der Waals surface area contributed by atoms with E-state index >= 15 is 0 Å². The van der Waals surface area contributed by atoms with E-state index in [2.05, 4.69) is 15.6 Å². The van der Waals surface area contributed by atoms with Crippen LogP contribution in [0.1, 0.15) is 29.8 Å². The van der Waals surface area contributed by atoms with Crippen molar-refractivity contribution >= 4 is 34.8 Å². The van der Waals surface area contributed by atoms with Gasteiger partial charge in [-0.05, 0) is 32.0 Å². The van der Waals surface area contributed by atoms with Crippen LogP contribution in [0.2, 0.25) is 0 Å². The number of nitrogens with zero attached hydrogens (tertiary/aromatic N) is 2. The van der Waals surface area contributed by atoms with Crippen molar-refractivity contribution in [1.29, 1.82) is 0 Å². The fourth-order valence-electron chi connectivity index (χ4n) is 2.90. The molecule has 10 nitrogen and oxygen atoms in total. The second-order valence-electron chi connectivity index (χ2n) is 6.16. The summed E-state index contributed by atoms with van der Waals surface area (Å²) in [7, 11) is 0. The van der Waals surface area contributed by atoms with Crippen LogP contribution in [0, 0.1) is 10.1 Å². The number of carbonyl (C=O) groups is 3. The van der Waals surface area contributed by atoms with E-state index in [9.17, 15) is 24.5 Å². The Bertz CT molecular complexity index is 991. The van der Waals surface area contributed by atoms with Gasteiger partial charge in [0.05, 0.1) is 17.2 Å². The van der Waals surface area contributed by atoms with Gasteiger partial charge in [0.2, 0.25) is 5.91 Å². The molecule has 0 aliphatic carbocycles. The van der Waals surface area contributed by atoms with Crippen molar-refractivity contribution in [1.82, 2.24) is 4.98 Å². The topological polar surface area (TPSA) is 141 Å². The quantitative estimate of drug-likeness (QED) is 0.348. The van der Waals surface area contributed by atoms with Crippen molar-refractivity contribution < 1.29 is 24.0 Å².